The van der Waals surface area contributed by atoms with Crippen molar-refractivity contribution in [3.63, 3.8) is 0 Å². The topological polar surface area (TPSA) is 60.7 Å². The second-order valence-corrected chi connectivity index (χ2v) is 6.52. The minimum atomic E-state index is -0.126. The highest BCUT2D eigenvalue weighted by molar-refractivity contribution is 6.07. The van der Waals surface area contributed by atoms with Crippen molar-refractivity contribution < 1.29 is 18.7 Å². The van der Waals surface area contributed by atoms with Crippen LogP contribution in [0.5, 0.6) is 11.5 Å². The van der Waals surface area contributed by atoms with E-state index in [1.165, 1.54) is 5.56 Å². The van der Waals surface area contributed by atoms with Crippen molar-refractivity contribution in [1.29, 1.82) is 0 Å². The normalized spacial score (nSPS) is 10.8. The molecule has 0 saturated carbocycles. The molecule has 1 heterocycles. The molecule has 0 atom stereocenters. The van der Waals surface area contributed by atoms with E-state index in [2.05, 4.69) is 5.32 Å². The van der Waals surface area contributed by atoms with Crippen LogP contribution < -0.4 is 14.8 Å². The summed E-state index contributed by atoms with van der Waals surface area (Å²) in [5, 5.41) is 3.74. The molecule has 142 valence electrons. The van der Waals surface area contributed by atoms with Crippen LogP contribution in [0.2, 0.25) is 0 Å². The van der Waals surface area contributed by atoms with Gasteiger partial charge in [0.2, 0.25) is 0 Å². The van der Waals surface area contributed by atoms with Crippen LogP contribution in [0.3, 0.4) is 0 Å². The van der Waals surface area contributed by atoms with Gasteiger partial charge < -0.3 is 19.2 Å². The molecule has 3 aromatic rings. The molecular formula is C22H25NO4. The Bertz CT molecular complexity index is 912. The summed E-state index contributed by atoms with van der Waals surface area (Å²) in [6, 6.07) is 13.5. The maximum Gasteiger partial charge on any atom is 0.255 e. The summed E-state index contributed by atoms with van der Waals surface area (Å²) < 4.78 is 16.6. The van der Waals surface area contributed by atoms with Gasteiger partial charge in [-0.2, -0.15) is 0 Å². The highest BCUT2D eigenvalue weighted by Crippen LogP contribution is 2.28. The van der Waals surface area contributed by atoms with E-state index in [0.717, 1.165) is 24.0 Å². The Kier molecular flexibility index (Phi) is 6.01. The number of ether oxygens (including phenoxy) is 2. The van der Waals surface area contributed by atoms with Gasteiger partial charge in [0.25, 0.3) is 5.91 Å². The molecule has 1 aromatic heterocycles. The van der Waals surface area contributed by atoms with Gasteiger partial charge in [-0.3, -0.25) is 4.79 Å². The Morgan fingerprint density at radius 2 is 1.78 bits per heavy atom. The third-order valence-corrected chi connectivity index (χ3v) is 4.44. The number of hydrogen-bond donors (Lipinski definition) is 1. The number of benzene rings is 2. The zero-order valence-electron chi connectivity index (χ0n) is 16.0. The molecule has 0 bridgehead atoms. The number of carbonyl (C=O) groups excluding carboxylic acids is 1. The molecule has 3 rings (SSSR count). The van der Waals surface area contributed by atoms with E-state index in [0.29, 0.717) is 35.8 Å². The van der Waals surface area contributed by atoms with Crippen molar-refractivity contribution in [3.05, 3.63) is 59.4 Å². The molecule has 0 aliphatic rings. The van der Waals surface area contributed by atoms with Crippen molar-refractivity contribution in [2.75, 3.05) is 20.3 Å². The fraction of sp³-hybridized carbons (Fsp3) is 0.318. The largest absolute Gasteiger partial charge is 0.497 e. The first-order valence-corrected chi connectivity index (χ1v) is 9.13. The molecule has 5 heteroatoms. The molecule has 0 aliphatic heterocycles. The highest BCUT2D eigenvalue weighted by atomic mass is 16.5. The SMILES string of the molecule is COc1ccc2oc(C)c(C(=O)NCCCCOc3ccc(C)cc3)c2c1. The number of hydrogen-bond acceptors (Lipinski definition) is 4. The Morgan fingerprint density at radius 1 is 1.04 bits per heavy atom. The quantitative estimate of drug-likeness (QED) is 0.589. The van der Waals surface area contributed by atoms with Gasteiger partial charge >= 0.3 is 0 Å². The number of amides is 1. The van der Waals surface area contributed by atoms with E-state index in [1.54, 1.807) is 14.0 Å². The van der Waals surface area contributed by atoms with Gasteiger partial charge in [-0.25, -0.2) is 0 Å². The average Bonchev–Trinajstić information content (AvgIpc) is 3.00. The number of methoxy groups -OCH3 is 1. The molecule has 5 nitrogen and oxygen atoms in total. The maximum atomic E-state index is 12.6. The third kappa shape index (κ3) is 4.61. The van der Waals surface area contributed by atoms with Crippen molar-refractivity contribution >= 4 is 16.9 Å². The number of aryl methyl sites for hydroxylation is 2. The first kappa shape index (κ1) is 18.8. The second kappa shape index (κ2) is 8.62. The van der Waals surface area contributed by atoms with E-state index in [-0.39, 0.29) is 5.91 Å². The van der Waals surface area contributed by atoms with Crippen LogP contribution in [0.1, 0.15) is 34.5 Å². The summed E-state index contributed by atoms with van der Waals surface area (Å²) in [7, 11) is 1.60. The summed E-state index contributed by atoms with van der Waals surface area (Å²) in [5.41, 5.74) is 2.47. The molecule has 1 N–H and O–H groups in total. The van der Waals surface area contributed by atoms with E-state index < -0.39 is 0 Å². The average molecular weight is 367 g/mol. The first-order chi connectivity index (χ1) is 13.1. The van der Waals surface area contributed by atoms with E-state index in [1.807, 2.05) is 49.4 Å². The molecule has 27 heavy (non-hydrogen) atoms. The van der Waals surface area contributed by atoms with Crippen LogP contribution in [0.4, 0.5) is 0 Å². The van der Waals surface area contributed by atoms with Gasteiger partial charge in [-0.15, -0.1) is 0 Å². The Labute approximate surface area is 159 Å². The maximum absolute atomic E-state index is 12.6. The summed E-state index contributed by atoms with van der Waals surface area (Å²) >= 11 is 0. The van der Waals surface area contributed by atoms with Crippen molar-refractivity contribution in [1.82, 2.24) is 5.32 Å². The minimum absolute atomic E-state index is 0.126. The van der Waals surface area contributed by atoms with Crippen LogP contribution in [-0.4, -0.2) is 26.2 Å². The van der Waals surface area contributed by atoms with Crippen LogP contribution in [0.15, 0.2) is 46.9 Å². The van der Waals surface area contributed by atoms with Crippen LogP contribution >= 0.6 is 0 Å². The van der Waals surface area contributed by atoms with E-state index in [4.69, 9.17) is 13.9 Å². The lowest BCUT2D eigenvalue weighted by molar-refractivity contribution is 0.0952. The zero-order chi connectivity index (χ0) is 19.2. The van der Waals surface area contributed by atoms with Gasteiger partial charge in [0.15, 0.2) is 0 Å². The van der Waals surface area contributed by atoms with Crippen molar-refractivity contribution in [2.45, 2.75) is 26.7 Å². The smallest absolute Gasteiger partial charge is 0.255 e. The van der Waals surface area contributed by atoms with E-state index in [9.17, 15) is 4.79 Å². The lowest BCUT2D eigenvalue weighted by Crippen LogP contribution is -2.25. The van der Waals surface area contributed by atoms with E-state index >= 15 is 0 Å². The fourth-order valence-electron chi connectivity index (χ4n) is 2.95. The summed E-state index contributed by atoms with van der Waals surface area (Å²) in [6.07, 6.45) is 1.71. The zero-order valence-corrected chi connectivity index (χ0v) is 16.0. The number of nitrogens with one attached hydrogen (secondary N) is 1. The lowest BCUT2D eigenvalue weighted by Gasteiger charge is -2.07. The molecule has 0 spiro atoms. The van der Waals surface area contributed by atoms with Crippen molar-refractivity contribution in [2.24, 2.45) is 0 Å². The molecule has 2 aromatic carbocycles. The number of carbonyl (C=O) groups is 1. The molecule has 0 radical (unpaired) electrons. The van der Waals surface area contributed by atoms with Gasteiger partial charge in [0.1, 0.15) is 22.8 Å². The molecule has 0 saturated heterocycles. The van der Waals surface area contributed by atoms with Crippen molar-refractivity contribution in [3.8, 4) is 11.5 Å². The molecule has 0 aliphatic carbocycles. The molecule has 1 amide bonds. The van der Waals surface area contributed by atoms with Crippen LogP contribution in [-0.2, 0) is 0 Å². The lowest BCUT2D eigenvalue weighted by atomic mass is 10.1. The van der Waals surface area contributed by atoms with Gasteiger partial charge in [0.05, 0.1) is 19.3 Å². The molecule has 0 fully saturated rings. The molecule has 0 unspecified atom stereocenters. The predicted octanol–water partition coefficient (Wildman–Crippen LogP) is 4.65. The monoisotopic (exact) mass is 367 g/mol. The summed E-state index contributed by atoms with van der Waals surface area (Å²) in [5.74, 6) is 2.06. The second-order valence-electron chi connectivity index (χ2n) is 6.52. The van der Waals surface area contributed by atoms with Crippen LogP contribution in [0.25, 0.3) is 11.0 Å². The fourth-order valence-corrected chi connectivity index (χ4v) is 2.95. The Balaban J connectivity index is 1.49. The highest BCUT2D eigenvalue weighted by Gasteiger charge is 2.18. The van der Waals surface area contributed by atoms with Crippen LogP contribution in [0, 0.1) is 13.8 Å². The standard InChI is InChI=1S/C22H25NO4/c1-15-6-8-17(9-7-15)26-13-5-4-12-23-22(24)21-16(2)27-20-11-10-18(25-3)14-19(20)21/h6-11,14H,4-5,12-13H2,1-3H3,(H,23,24). The molecular weight excluding hydrogens is 342 g/mol. The van der Waals surface area contributed by atoms with Gasteiger partial charge in [0, 0.05) is 11.9 Å². The van der Waals surface area contributed by atoms with Gasteiger partial charge in [-0.05, 0) is 57.0 Å². The number of unbranched alkanes of at least 4 members (excludes halogenated alkanes) is 1. The Morgan fingerprint density at radius 3 is 2.52 bits per heavy atom. The Hall–Kier alpha value is -2.95. The number of furan rings is 1. The third-order valence-electron chi connectivity index (χ3n) is 4.44. The number of fused-ring (bicyclic) bond motifs is 1. The summed E-state index contributed by atoms with van der Waals surface area (Å²) in [4.78, 5) is 12.6. The van der Waals surface area contributed by atoms with Gasteiger partial charge in [-0.1, -0.05) is 17.7 Å². The minimum Gasteiger partial charge on any atom is -0.497 e. The summed E-state index contributed by atoms with van der Waals surface area (Å²) in [6.45, 7) is 5.07. The first-order valence-electron chi connectivity index (χ1n) is 9.13. The number of rotatable bonds is 8. The predicted molar refractivity (Wildman–Crippen MR) is 106 cm³/mol.